The molecule has 0 bridgehead atoms. The summed E-state index contributed by atoms with van der Waals surface area (Å²) < 4.78 is 27.4. The summed E-state index contributed by atoms with van der Waals surface area (Å²) in [5, 5.41) is 6.60. The number of thiophene rings is 1. The van der Waals surface area contributed by atoms with Crippen molar-refractivity contribution in [3.8, 4) is 0 Å². The maximum absolute atomic E-state index is 13.7. The predicted molar refractivity (Wildman–Crippen MR) is 99.5 cm³/mol. The lowest BCUT2D eigenvalue weighted by atomic mass is 10.1. The molecule has 0 unspecified atom stereocenters. The molecule has 134 valence electrons. The van der Waals surface area contributed by atoms with Gasteiger partial charge in [0.05, 0.1) is 5.00 Å². The standard InChI is InChI=1S/C18H22F2N4S/c1-21-18(22-8-7-14-15(19)4-2-5-16(14)20)24-11-9-23(10-12-24)17-6-3-13-25-17/h2-6,13H,7-12H2,1H3,(H,21,22). The first kappa shape index (κ1) is 17.7. The summed E-state index contributed by atoms with van der Waals surface area (Å²) in [6.45, 7) is 4.04. The monoisotopic (exact) mass is 364 g/mol. The number of rotatable bonds is 4. The first-order chi connectivity index (χ1) is 12.2. The summed E-state index contributed by atoms with van der Waals surface area (Å²) in [5.41, 5.74) is 0.118. The van der Waals surface area contributed by atoms with Crippen molar-refractivity contribution in [2.45, 2.75) is 6.42 Å². The van der Waals surface area contributed by atoms with Gasteiger partial charge in [-0.25, -0.2) is 8.78 Å². The summed E-state index contributed by atoms with van der Waals surface area (Å²) in [6, 6.07) is 8.16. The Hall–Kier alpha value is -2.15. The van der Waals surface area contributed by atoms with E-state index < -0.39 is 11.6 Å². The van der Waals surface area contributed by atoms with Crippen molar-refractivity contribution in [1.82, 2.24) is 10.2 Å². The second-order valence-electron chi connectivity index (χ2n) is 5.85. The SMILES string of the molecule is CN=C(NCCc1c(F)cccc1F)N1CCN(c2cccs2)CC1. The van der Waals surface area contributed by atoms with Crippen LogP contribution in [0.3, 0.4) is 0 Å². The van der Waals surface area contributed by atoms with Gasteiger partial charge in [-0.1, -0.05) is 6.07 Å². The second kappa shape index (κ2) is 8.29. The average molecular weight is 364 g/mol. The zero-order valence-corrected chi connectivity index (χ0v) is 15.0. The van der Waals surface area contributed by atoms with Gasteiger partial charge in [-0.05, 0) is 36.1 Å². The summed E-state index contributed by atoms with van der Waals surface area (Å²) >= 11 is 1.75. The molecule has 0 radical (unpaired) electrons. The van der Waals surface area contributed by atoms with Crippen LogP contribution in [0.2, 0.25) is 0 Å². The lowest BCUT2D eigenvalue weighted by Crippen LogP contribution is -2.52. The summed E-state index contributed by atoms with van der Waals surface area (Å²) in [5.74, 6) is -0.217. The lowest BCUT2D eigenvalue weighted by molar-refractivity contribution is 0.373. The number of halogens is 2. The van der Waals surface area contributed by atoms with Gasteiger partial charge in [0, 0.05) is 45.3 Å². The Morgan fingerprint density at radius 1 is 1.12 bits per heavy atom. The second-order valence-corrected chi connectivity index (χ2v) is 6.78. The van der Waals surface area contributed by atoms with Crippen molar-refractivity contribution in [3.05, 3.63) is 52.9 Å². The minimum atomic E-state index is -0.499. The Kier molecular flexibility index (Phi) is 5.86. The average Bonchev–Trinajstić information content (AvgIpc) is 3.16. The van der Waals surface area contributed by atoms with E-state index in [-0.39, 0.29) is 12.0 Å². The number of hydrogen-bond donors (Lipinski definition) is 1. The molecule has 1 fully saturated rings. The molecule has 4 nitrogen and oxygen atoms in total. The van der Waals surface area contributed by atoms with Gasteiger partial charge in [-0.15, -0.1) is 11.3 Å². The van der Waals surface area contributed by atoms with Crippen LogP contribution in [-0.2, 0) is 6.42 Å². The van der Waals surface area contributed by atoms with Gasteiger partial charge in [-0.2, -0.15) is 0 Å². The van der Waals surface area contributed by atoms with Gasteiger partial charge < -0.3 is 15.1 Å². The highest BCUT2D eigenvalue weighted by atomic mass is 32.1. The van der Waals surface area contributed by atoms with Crippen LogP contribution in [0.5, 0.6) is 0 Å². The third-order valence-electron chi connectivity index (χ3n) is 4.33. The van der Waals surface area contributed by atoms with Crippen molar-refractivity contribution in [2.24, 2.45) is 4.99 Å². The lowest BCUT2D eigenvalue weighted by Gasteiger charge is -2.37. The third kappa shape index (κ3) is 4.28. The maximum atomic E-state index is 13.7. The van der Waals surface area contributed by atoms with E-state index in [0.717, 1.165) is 32.1 Å². The van der Waals surface area contributed by atoms with E-state index >= 15 is 0 Å². The first-order valence-electron chi connectivity index (χ1n) is 8.36. The number of piperazine rings is 1. The van der Waals surface area contributed by atoms with Crippen LogP contribution in [-0.4, -0.2) is 50.6 Å². The zero-order valence-electron chi connectivity index (χ0n) is 14.2. The minimum absolute atomic E-state index is 0.118. The van der Waals surface area contributed by atoms with Gasteiger partial charge in [0.2, 0.25) is 0 Å². The Balaban J connectivity index is 1.50. The molecule has 1 aliphatic heterocycles. The summed E-state index contributed by atoms with van der Waals surface area (Å²) in [7, 11) is 1.73. The Bertz CT molecular complexity index is 690. The van der Waals surface area contributed by atoms with Crippen LogP contribution in [0.25, 0.3) is 0 Å². The van der Waals surface area contributed by atoms with Crippen LogP contribution >= 0.6 is 11.3 Å². The van der Waals surface area contributed by atoms with Crippen molar-refractivity contribution in [1.29, 1.82) is 0 Å². The number of nitrogens with one attached hydrogen (secondary N) is 1. The number of aliphatic imine (C=N–C) groups is 1. The van der Waals surface area contributed by atoms with Gasteiger partial charge in [0.15, 0.2) is 5.96 Å². The highest BCUT2D eigenvalue weighted by Crippen LogP contribution is 2.22. The summed E-state index contributed by atoms with van der Waals surface area (Å²) in [4.78, 5) is 8.85. The quantitative estimate of drug-likeness (QED) is 0.668. The van der Waals surface area contributed by atoms with Crippen LogP contribution < -0.4 is 10.2 Å². The number of guanidine groups is 1. The molecule has 0 amide bonds. The van der Waals surface area contributed by atoms with E-state index in [4.69, 9.17) is 0 Å². The molecule has 0 atom stereocenters. The van der Waals surface area contributed by atoms with Crippen LogP contribution in [0, 0.1) is 11.6 Å². The maximum Gasteiger partial charge on any atom is 0.193 e. The van der Waals surface area contributed by atoms with Crippen molar-refractivity contribution in [2.75, 3.05) is 44.7 Å². The molecule has 25 heavy (non-hydrogen) atoms. The molecule has 1 aromatic heterocycles. The molecular formula is C18H22F2N4S. The molecule has 0 aliphatic carbocycles. The molecule has 1 N–H and O–H groups in total. The molecule has 0 spiro atoms. The van der Waals surface area contributed by atoms with Crippen molar-refractivity contribution < 1.29 is 8.78 Å². The molecule has 7 heteroatoms. The van der Waals surface area contributed by atoms with Crippen molar-refractivity contribution >= 4 is 22.3 Å². The molecule has 1 aromatic carbocycles. The largest absolute Gasteiger partial charge is 0.360 e. The number of benzene rings is 1. The molecule has 0 saturated carbocycles. The topological polar surface area (TPSA) is 30.9 Å². The van der Waals surface area contributed by atoms with Crippen molar-refractivity contribution in [3.63, 3.8) is 0 Å². The van der Waals surface area contributed by atoms with E-state index in [1.54, 1.807) is 18.4 Å². The molecular weight excluding hydrogens is 342 g/mol. The van der Waals surface area contributed by atoms with Crippen LogP contribution in [0.1, 0.15) is 5.56 Å². The van der Waals surface area contributed by atoms with Gasteiger partial charge in [0.25, 0.3) is 0 Å². The van der Waals surface area contributed by atoms with Gasteiger partial charge >= 0.3 is 0 Å². The fourth-order valence-corrected chi connectivity index (χ4v) is 3.78. The van der Waals surface area contributed by atoms with E-state index in [9.17, 15) is 8.78 Å². The number of hydrogen-bond acceptors (Lipinski definition) is 3. The predicted octanol–water partition coefficient (Wildman–Crippen LogP) is 2.97. The minimum Gasteiger partial charge on any atom is -0.360 e. The molecule has 2 heterocycles. The van der Waals surface area contributed by atoms with Gasteiger partial charge in [-0.3, -0.25) is 4.99 Å². The van der Waals surface area contributed by atoms with E-state index in [1.807, 2.05) is 0 Å². The smallest absolute Gasteiger partial charge is 0.193 e. The molecule has 2 aromatic rings. The first-order valence-corrected chi connectivity index (χ1v) is 9.24. The summed E-state index contributed by atoms with van der Waals surface area (Å²) in [6.07, 6.45) is 0.284. The third-order valence-corrected chi connectivity index (χ3v) is 5.26. The van der Waals surface area contributed by atoms with E-state index in [2.05, 4.69) is 37.6 Å². The fourth-order valence-electron chi connectivity index (χ4n) is 2.99. The van der Waals surface area contributed by atoms with E-state index in [1.165, 1.54) is 23.2 Å². The Morgan fingerprint density at radius 3 is 2.44 bits per heavy atom. The van der Waals surface area contributed by atoms with E-state index in [0.29, 0.717) is 6.54 Å². The normalized spacial score (nSPS) is 15.6. The highest BCUT2D eigenvalue weighted by Gasteiger charge is 2.20. The number of nitrogens with zero attached hydrogens (tertiary/aromatic N) is 3. The fraction of sp³-hybridized carbons (Fsp3) is 0.389. The Morgan fingerprint density at radius 2 is 1.84 bits per heavy atom. The molecule has 3 rings (SSSR count). The van der Waals surface area contributed by atoms with Crippen LogP contribution in [0.15, 0.2) is 40.7 Å². The van der Waals surface area contributed by atoms with Crippen LogP contribution in [0.4, 0.5) is 13.8 Å². The highest BCUT2D eigenvalue weighted by molar-refractivity contribution is 7.14. The van der Waals surface area contributed by atoms with Gasteiger partial charge in [0.1, 0.15) is 11.6 Å². The molecule has 1 saturated heterocycles. The molecule has 1 aliphatic rings. The number of anilines is 1. The Labute approximate surface area is 150 Å². The zero-order chi connectivity index (χ0) is 17.6.